The summed E-state index contributed by atoms with van der Waals surface area (Å²) in [6, 6.07) is 12.2. The molecule has 4 aromatic rings. The van der Waals surface area contributed by atoms with Crippen LogP contribution in [0.2, 0.25) is 5.02 Å². The van der Waals surface area contributed by atoms with Gasteiger partial charge in [-0.15, -0.1) is 0 Å². The maximum atomic E-state index is 14.6. The summed E-state index contributed by atoms with van der Waals surface area (Å²) >= 11 is 6.11. The zero-order valence-electron chi connectivity index (χ0n) is 73.4. The number of carbonyl (C=O) groups is 9. The lowest BCUT2D eigenvalue weighted by molar-refractivity contribution is -0.137. The summed E-state index contributed by atoms with van der Waals surface area (Å²) in [6.07, 6.45) is 4.77. The number of H-pyrrole nitrogens is 1. The van der Waals surface area contributed by atoms with Crippen molar-refractivity contribution in [2.75, 3.05) is 135 Å². The topological polar surface area (TPSA) is 588 Å². The Morgan fingerprint density at radius 2 is 0.810 bits per heavy atom. The molecule has 4 rings (SSSR count). The van der Waals surface area contributed by atoms with Crippen LogP contribution in [0.25, 0.3) is 10.9 Å². The Balaban J connectivity index is 1.66. The van der Waals surface area contributed by atoms with E-state index >= 15 is 0 Å². The Labute approximate surface area is 746 Å². The largest absolute Gasteiger partial charge is 0.481 e. The number of primary amides is 1. The molecule has 0 fully saturated rings. The lowest BCUT2D eigenvalue weighted by atomic mass is 10.0. The third-order valence-corrected chi connectivity index (χ3v) is 29.7. The highest BCUT2D eigenvalue weighted by atomic mass is 35.5. The molecular formula is C77H126ClN17O24S7. The smallest absolute Gasteiger partial charge is 0.303 e. The molecule has 0 aliphatic carbocycles. The summed E-state index contributed by atoms with van der Waals surface area (Å²) in [5.41, 5.74) is 12.7. The zero-order valence-corrected chi connectivity index (χ0v) is 79.9. The van der Waals surface area contributed by atoms with Crippen LogP contribution < -0.4 is 48.7 Å². The molecule has 0 aliphatic rings. The monoisotopic (exact) mass is 1930 g/mol. The van der Waals surface area contributed by atoms with Gasteiger partial charge in [0.15, 0.2) is 0 Å². The van der Waals surface area contributed by atoms with E-state index in [1.54, 1.807) is 88.5 Å². The Bertz CT molecular complexity index is 5180. The van der Waals surface area contributed by atoms with E-state index in [1.807, 2.05) is 13.8 Å². The number of aromatic amines is 1. The Morgan fingerprint density at radius 1 is 0.429 bits per heavy atom. The van der Waals surface area contributed by atoms with Gasteiger partial charge in [0.05, 0.1) is 87.7 Å². The van der Waals surface area contributed by atoms with Crippen LogP contribution in [0.15, 0.2) is 90.0 Å². The van der Waals surface area contributed by atoms with Crippen LogP contribution in [0.5, 0.6) is 0 Å². The maximum absolute atomic E-state index is 14.6. The number of carboxylic acids is 1. The fourth-order valence-corrected chi connectivity index (χ4v) is 21.3. The number of fused-ring (bicyclic) bond motifs is 1. The normalized spacial score (nSPS) is 14.5. The van der Waals surface area contributed by atoms with E-state index in [0.717, 1.165) is 42.2 Å². The average molecular weight is 1930 g/mol. The molecule has 0 radical (unpaired) electrons. The molecule has 0 unspecified atom stereocenters. The fraction of sp³-hybridized carbons (Fsp3) is 0.623. The number of amides is 8. The number of hydrogen-bond donors (Lipinski definition) is 11. The molecule has 7 atom stereocenters. The van der Waals surface area contributed by atoms with Crippen LogP contribution in [-0.2, 0) is 126 Å². The van der Waals surface area contributed by atoms with Crippen molar-refractivity contribution in [3.8, 4) is 0 Å². The maximum Gasteiger partial charge on any atom is 0.303 e. The van der Waals surface area contributed by atoms with Gasteiger partial charge in [-0.3, -0.25) is 43.2 Å². The average Bonchev–Trinajstić information content (AvgIpc) is 1.44. The van der Waals surface area contributed by atoms with E-state index in [1.165, 1.54) is 38.1 Å². The predicted molar refractivity (Wildman–Crippen MR) is 477 cm³/mol. The summed E-state index contributed by atoms with van der Waals surface area (Å²) < 4.78 is 198. The van der Waals surface area contributed by atoms with Crippen molar-refractivity contribution in [3.63, 3.8) is 0 Å². The first-order chi connectivity index (χ1) is 58.2. The lowest BCUT2D eigenvalue weighted by Crippen LogP contribution is -2.55. The second kappa shape index (κ2) is 50.3. The number of nitrogens with zero attached hydrogens (tertiary/aromatic N) is 7. The van der Waals surface area contributed by atoms with Crippen molar-refractivity contribution in [1.29, 1.82) is 0 Å². The van der Waals surface area contributed by atoms with Crippen molar-refractivity contribution in [2.24, 2.45) is 29.2 Å². The standard InChI is InChI=1S/C77H126ClN17O24S7/c1-53(2)33-63(83-57(8)96)44-95(126(118,119)67-29-26-60(78)27-30-67)51-76(103)87-65(35-58-21-15-14-16-22-58)41-92(123(12,112)113)47-73(100)85-62(28-31-77(104)105)40-91(122(11,110)111)49-75(102)88-66(36-59-37-81-69-25-18-17-24-68(59)69)42-93(124(13,114)115)46-72(99)84-61(23-19-20-32-79)39-90(121(10,108)109)48-74(101)86-64(34-54(3)4)43-94(125(116,117)52-55(5)6)50-71(98)82-56(7)38-89(45-70(80)97)120(9,106)107/h14-18,21-22,24-27,29-30,37,53-56,61-66,81H,19-20,23,28,31-36,38-52,79H2,1-13H3,(H2,80,97)(H,82,98)(H,83,96)(H,84,99)(H,85,100)(H,86,101)(H,87,103)(H,88,102)(H,104,105)/t56-,61-,62-,63-,64-,65-,66-/m0/s1. The number of nitrogens with one attached hydrogen (secondary N) is 8. The van der Waals surface area contributed by atoms with Crippen molar-refractivity contribution in [1.82, 2.24) is 72.3 Å². The number of nitrogens with two attached hydrogens (primary N) is 2. The van der Waals surface area contributed by atoms with Crippen LogP contribution >= 0.6 is 11.6 Å². The Hall–Kier alpha value is -7.95. The van der Waals surface area contributed by atoms with Crippen LogP contribution in [-0.4, -0.2) is 330 Å². The molecule has 3 aromatic carbocycles. The highest BCUT2D eigenvalue weighted by Crippen LogP contribution is 2.24. The second-order valence-electron chi connectivity index (χ2n) is 32.9. The number of aromatic nitrogens is 1. The zero-order chi connectivity index (χ0) is 95.2. The number of carboxylic acid groups (broad SMARTS) is 1. The van der Waals surface area contributed by atoms with Crippen molar-refractivity contribution >= 4 is 146 Å². The summed E-state index contributed by atoms with van der Waals surface area (Å²) in [4.78, 5) is 125. The number of aliphatic carboxylic acids is 1. The molecule has 126 heavy (non-hydrogen) atoms. The molecule has 49 heteroatoms. The highest BCUT2D eigenvalue weighted by Gasteiger charge is 2.38. The Kier molecular flexibility index (Phi) is 44.1. The molecule has 0 saturated heterocycles. The number of rotatable bonds is 60. The van der Waals surface area contributed by atoms with Crippen molar-refractivity contribution in [3.05, 3.63) is 101 Å². The van der Waals surface area contributed by atoms with Gasteiger partial charge in [-0.1, -0.05) is 108 Å². The van der Waals surface area contributed by atoms with Gasteiger partial charge in [0, 0.05) is 124 Å². The minimum atomic E-state index is -4.57. The van der Waals surface area contributed by atoms with E-state index in [0.29, 0.717) is 47.6 Å². The second-order valence-corrected chi connectivity index (χ2v) is 47.2. The summed E-state index contributed by atoms with van der Waals surface area (Å²) in [6.45, 7) is 2.66. The third kappa shape index (κ3) is 41.2. The summed E-state index contributed by atoms with van der Waals surface area (Å²) in [5, 5.41) is 29.3. The van der Waals surface area contributed by atoms with E-state index in [4.69, 9.17) is 23.1 Å². The van der Waals surface area contributed by atoms with E-state index in [2.05, 4.69) is 42.2 Å². The van der Waals surface area contributed by atoms with Crippen molar-refractivity contribution in [2.45, 2.75) is 160 Å². The molecule has 8 amide bonds. The quantitative estimate of drug-likeness (QED) is 0.0234. The SMILES string of the molecule is CC(=O)N[C@@H](CC(C)C)CN(CC(=O)N[C@@H](Cc1ccccc1)CN(CC(=O)N[C@@H](CCC(=O)O)CN(CC(=O)N[C@@H](Cc1c[nH]c2ccccc12)CN(CC(=O)N[C@@H](CCCCN)CN(CC(=O)N[C@@H](CC(C)C)CN(CC(=O)N[C@@H](C)CN(CC(N)=O)S(C)(=O)=O)S(=O)(=O)CC(C)C)S(C)(=O)=O)S(C)(=O)=O)S(C)(=O)=O)S(C)(=O)=O)S(=O)(=O)c1ccc(Cl)cc1. The molecule has 0 spiro atoms. The molecule has 0 aliphatic heterocycles. The molecule has 712 valence electrons. The number of halogens is 1. The summed E-state index contributed by atoms with van der Waals surface area (Å²) in [5.74, 6) is -10.1. The molecule has 0 bridgehead atoms. The molecule has 0 saturated carbocycles. The number of unbranched alkanes of at least 4 members (excludes halogenated alkanes) is 1. The van der Waals surface area contributed by atoms with Crippen LogP contribution in [0.1, 0.15) is 111 Å². The number of sulfonamides is 7. The number of para-hydroxylation sites is 1. The minimum Gasteiger partial charge on any atom is -0.481 e. The van der Waals surface area contributed by atoms with Gasteiger partial charge in [-0.25, -0.2) is 58.9 Å². The number of benzene rings is 3. The van der Waals surface area contributed by atoms with Gasteiger partial charge < -0.3 is 58.8 Å². The van der Waals surface area contributed by atoms with Crippen LogP contribution in [0.3, 0.4) is 0 Å². The molecule has 41 nitrogen and oxygen atoms in total. The molecule has 1 heterocycles. The van der Waals surface area contributed by atoms with Gasteiger partial charge in [-0.05, 0) is 118 Å². The fourth-order valence-electron chi connectivity index (χ4n) is 13.9. The first kappa shape index (κ1) is 110. The lowest BCUT2D eigenvalue weighted by Gasteiger charge is -2.31. The molecule has 1 aromatic heterocycles. The Morgan fingerprint density at radius 3 is 1.25 bits per heavy atom. The van der Waals surface area contributed by atoms with Gasteiger partial charge in [-0.2, -0.15) is 30.1 Å². The van der Waals surface area contributed by atoms with Gasteiger partial charge in [0.2, 0.25) is 117 Å². The van der Waals surface area contributed by atoms with Gasteiger partial charge in [0.1, 0.15) is 0 Å². The first-order valence-corrected chi connectivity index (χ1v) is 53.2. The number of carbonyl (C=O) groups excluding carboxylic acids is 8. The van der Waals surface area contributed by atoms with Crippen LogP contribution in [0.4, 0.5) is 0 Å². The van der Waals surface area contributed by atoms with Gasteiger partial charge in [0.25, 0.3) is 0 Å². The highest BCUT2D eigenvalue weighted by molar-refractivity contribution is 7.90. The van der Waals surface area contributed by atoms with Crippen LogP contribution in [0, 0.1) is 17.8 Å². The van der Waals surface area contributed by atoms with E-state index in [-0.39, 0.29) is 73.4 Å². The predicted octanol–water partition coefficient (Wildman–Crippen LogP) is -1.10. The minimum absolute atomic E-state index is 0.00513. The molecular weight excluding hydrogens is 1810 g/mol. The first-order valence-electron chi connectivity index (χ1n) is 40.5. The number of hydrogen-bond acceptors (Lipinski definition) is 24. The third-order valence-electron chi connectivity index (χ3n) is 19.3. The molecule has 13 N–H and O–H groups in total. The summed E-state index contributed by atoms with van der Waals surface area (Å²) in [7, 11) is -30.8. The van der Waals surface area contributed by atoms with Crippen molar-refractivity contribution < 1.29 is 107 Å². The van der Waals surface area contributed by atoms with E-state index < -0.39 is 275 Å². The van der Waals surface area contributed by atoms with Gasteiger partial charge >= 0.3 is 5.97 Å². The van der Waals surface area contributed by atoms with E-state index in [9.17, 15) is 107 Å².